The summed E-state index contributed by atoms with van der Waals surface area (Å²) in [4.78, 5) is 20.9. The third kappa shape index (κ3) is 2.44. The first-order chi connectivity index (χ1) is 11.6. The lowest BCUT2D eigenvalue weighted by Crippen LogP contribution is -2.44. The molecular weight excluding hydrogens is 306 g/mol. The van der Waals surface area contributed by atoms with E-state index in [2.05, 4.69) is 44.8 Å². The van der Waals surface area contributed by atoms with Crippen LogP contribution in [0.15, 0.2) is 18.3 Å². The van der Waals surface area contributed by atoms with E-state index in [1.807, 2.05) is 16.8 Å². The van der Waals surface area contributed by atoms with Gasteiger partial charge < -0.3 is 10.6 Å². The average molecular weight is 325 g/mol. The molecule has 8 nitrogen and oxygen atoms in total. The van der Waals surface area contributed by atoms with Crippen molar-refractivity contribution in [1.82, 2.24) is 30.3 Å². The maximum atomic E-state index is 11.9. The Kier molecular flexibility index (Phi) is 3.51. The molecule has 3 heterocycles. The van der Waals surface area contributed by atoms with Crippen LogP contribution < -0.4 is 10.6 Å². The minimum Gasteiger partial charge on any atom is -0.354 e. The molecule has 1 unspecified atom stereocenters. The number of carbonyl (C=O) groups excluding carboxylic acids is 1. The summed E-state index contributed by atoms with van der Waals surface area (Å²) in [5, 5.41) is 15.4. The summed E-state index contributed by atoms with van der Waals surface area (Å²) in [5.74, 6) is 0.450. The molecule has 1 aliphatic heterocycles. The van der Waals surface area contributed by atoms with Gasteiger partial charge in [-0.05, 0) is 38.8 Å². The first kappa shape index (κ1) is 14.8. The zero-order chi connectivity index (χ0) is 16.7. The first-order valence-electron chi connectivity index (χ1n) is 8.18. The summed E-state index contributed by atoms with van der Waals surface area (Å²) in [6.45, 7) is 4.84. The number of rotatable bonds is 3. The number of carbonyl (C=O) groups is 1. The van der Waals surface area contributed by atoms with E-state index in [1.54, 1.807) is 6.20 Å². The second kappa shape index (κ2) is 5.70. The van der Waals surface area contributed by atoms with Crippen LogP contribution in [0.5, 0.6) is 0 Å². The maximum absolute atomic E-state index is 11.9. The third-order valence-corrected chi connectivity index (χ3v) is 4.26. The van der Waals surface area contributed by atoms with Crippen molar-refractivity contribution in [2.45, 2.75) is 38.8 Å². The number of hydrogen-bond donors (Lipinski definition) is 2. The van der Waals surface area contributed by atoms with E-state index in [4.69, 9.17) is 0 Å². The number of piperidine rings is 1. The van der Waals surface area contributed by atoms with Crippen LogP contribution in [0.3, 0.4) is 0 Å². The Morgan fingerprint density at radius 3 is 3.04 bits per heavy atom. The van der Waals surface area contributed by atoms with Gasteiger partial charge in [0.1, 0.15) is 22.6 Å². The lowest BCUT2D eigenvalue weighted by molar-refractivity contribution is -0.123. The molecule has 1 atom stereocenters. The molecule has 0 bridgehead atoms. The number of nitrogens with zero attached hydrogens (tertiary/aromatic N) is 5. The topological polar surface area (TPSA) is 97.6 Å². The van der Waals surface area contributed by atoms with E-state index in [1.165, 1.54) is 0 Å². The lowest BCUT2D eigenvalue weighted by Gasteiger charge is -2.22. The monoisotopic (exact) mass is 325 g/mol. The number of nitrogens with one attached hydrogen (secondary N) is 2. The molecule has 124 valence electrons. The van der Waals surface area contributed by atoms with Crippen molar-refractivity contribution in [3.63, 3.8) is 0 Å². The second-order valence-electron chi connectivity index (χ2n) is 6.32. The molecule has 1 aliphatic rings. The highest BCUT2D eigenvalue weighted by atomic mass is 16.2. The Hall–Kier alpha value is -2.77. The molecule has 3 aromatic rings. The zero-order valence-corrected chi connectivity index (χ0v) is 13.7. The van der Waals surface area contributed by atoms with Crippen LogP contribution >= 0.6 is 0 Å². The van der Waals surface area contributed by atoms with E-state index in [9.17, 15) is 4.79 Å². The highest BCUT2D eigenvalue weighted by molar-refractivity contribution is 6.01. The molecule has 1 saturated heterocycles. The SMILES string of the molecule is CC(C)n1nnc2ccc3cnc(NC4CCCNC4=O)nc3c21. The summed E-state index contributed by atoms with van der Waals surface area (Å²) in [6.07, 6.45) is 3.50. The van der Waals surface area contributed by atoms with Crippen LogP contribution in [0, 0.1) is 0 Å². The normalized spacial score (nSPS) is 18.3. The summed E-state index contributed by atoms with van der Waals surface area (Å²) in [5.41, 5.74) is 2.48. The largest absolute Gasteiger partial charge is 0.354 e. The van der Waals surface area contributed by atoms with Crippen molar-refractivity contribution in [2.75, 3.05) is 11.9 Å². The fraction of sp³-hybridized carbons (Fsp3) is 0.438. The van der Waals surface area contributed by atoms with Gasteiger partial charge in [0.15, 0.2) is 0 Å². The third-order valence-electron chi connectivity index (χ3n) is 4.26. The van der Waals surface area contributed by atoms with Crippen LogP contribution in [-0.4, -0.2) is 43.5 Å². The Morgan fingerprint density at radius 2 is 2.25 bits per heavy atom. The number of hydrogen-bond acceptors (Lipinski definition) is 6. The Morgan fingerprint density at radius 1 is 1.38 bits per heavy atom. The summed E-state index contributed by atoms with van der Waals surface area (Å²) in [7, 11) is 0. The number of benzene rings is 1. The molecule has 0 aliphatic carbocycles. The standard InChI is InChI=1S/C16H19N7O/c1-9(2)23-14-11(21-22-23)6-5-10-8-18-16(20-13(10)14)19-12-4-3-7-17-15(12)24/h5-6,8-9,12H,3-4,7H2,1-2H3,(H,17,24)(H,18,19,20). The molecule has 0 saturated carbocycles. The summed E-state index contributed by atoms with van der Waals surface area (Å²) < 4.78 is 1.86. The first-order valence-corrected chi connectivity index (χ1v) is 8.18. The van der Waals surface area contributed by atoms with Crippen molar-refractivity contribution in [1.29, 1.82) is 0 Å². The van der Waals surface area contributed by atoms with Crippen molar-refractivity contribution in [3.8, 4) is 0 Å². The van der Waals surface area contributed by atoms with Gasteiger partial charge in [0.05, 0.1) is 0 Å². The van der Waals surface area contributed by atoms with Gasteiger partial charge in [-0.2, -0.15) is 0 Å². The van der Waals surface area contributed by atoms with Crippen molar-refractivity contribution in [2.24, 2.45) is 0 Å². The molecule has 1 amide bonds. The van der Waals surface area contributed by atoms with Gasteiger partial charge in [-0.3, -0.25) is 4.79 Å². The van der Waals surface area contributed by atoms with Gasteiger partial charge in [0, 0.05) is 24.2 Å². The molecular formula is C16H19N7O. The fourth-order valence-corrected chi connectivity index (χ4v) is 3.02. The van der Waals surface area contributed by atoms with Gasteiger partial charge in [-0.15, -0.1) is 5.10 Å². The highest BCUT2D eigenvalue weighted by Crippen LogP contribution is 2.25. The molecule has 0 radical (unpaired) electrons. The Labute approximate surface area is 138 Å². The van der Waals surface area contributed by atoms with Gasteiger partial charge >= 0.3 is 0 Å². The predicted octanol–water partition coefficient (Wildman–Crippen LogP) is 1.65. The van der Waals surface area contributed by atoms with Crippen LogP contribution in [-0.2, 0) is 4.79 Å². The Bertz CT molecular complexity index is 917. The minimum absolute atomic E-state index is 0.00274. The minimum atomic E-state index is -0.288. The number of aromatic nitrogens is 5. The average Bonchev–Trinajstić information content (AvgIpc) is 3.02. The quantitative estimate of drug-likeness (QED) is 0.760. The van der Waals surface area contributed by atoms with Crippen molar-refractivity contribution < 1.29 is 4.79 Å². The highest BCUT2D eigenvalue weighted by Gasteiger charge is 2.23. The van der Waals surface area contributed by atoms with E-state index >= 15 is 0 Å². The lowest BCUT2D eigenvalue weighted by atomic mass is 10.1. The summed E-state index contributed by atoms with van der Waals surface area (Å²) >= 11 is 0. The van der Waals surface area contributed by atoms with E-state index < -0.39 is 0 Å². The van der Waals surface area contributed by atoms with Gasteiger partial charge in [0.2, 0.25) is 11.9 Å². The molecule has 1 aromatic carbocycles. The zero-order valence-electron chi connectivity index (χ0n) is 13.7. The second-order valence-corrected chi connectivity index (χ2v) is 6.32. The van der Waals surface area contributed by atoms with Gasteiger partial charge in [0.25, 0.3) is 0 Å². The maximum Gasteiger partial charge on any atom is 0.242 e. The smallest absolute Gasteiger partial charge is 0.242 e. The Balaban J connectivity index is 1.79. The molecule has 4 rings (SSSR count). The number of amides is 1. The molecule has 24 heavy (non-hydrogen) atoms. The van der Waals surface area contributed by atoms with Gasteiger partial charge in [-0.1, -0.05) is 5.21 Å². The van der Waals surface area contributed by atoms with Crippen LogP contribution in [0.2, 0.25) is 0 Å². The van der Waals surface area contributed by atoms with E-state index in [-0.39, 0.29) is 18.0 Å². The molecule has 8 heteroatoms. The molecule has 1 fully saturated rings. The molecule has 2 aromatic heterocycles. The predicted molar refractivity (Wildman–Crippen MR) is 90.7 cm³/mol. The van der Waals surface area contributed by atoms with E-state index in [0.717, 1.165) is 41.3 Å². The summed E-state index contributed by atoms with van der Waals surface area (Å²) in [6, 6.07) is 3.75. The van der Waals surface area contributed by atoms with Crippen molar-refractivity contribution in [3.05, 3.63) is 18.3 Å². The number of fused-ring (bicyclic) bond motifs is 3. The molecule has 0 spiro atoms. The van der Waals surface area contributed by atoms with Crippen LogP contribution in [0.25, 0.3) is 21.9 Å². The van der Waals surface area contributed by atoms with Crippen molar-refractivity contribution >= 4 is 33.8 Å². The van der Waals surface area contributed by atoms with E-state index in [0.29, 0.717) is 5.95 Å². The van der Waals surface area contributed by atoms with Crippen LogP contribution in [0.1, 0.15) is 32.7 Å². The molecule has 2 N–H and O–H groups in total. The fourth-order valence-electron chi connectivity index (χ4n) is 3.02. The van der Waals surface area contributed by atoms with Gasteiger partial charge in [-0.25, -0.2) is 14.6 Å². The van der Waals surface area contributed by atoms with Crippen LogP contribution in [0.4, 0.5) is 5.95 Å². The number of anilines is 1.